The van der Waals surface area contributed by atoms with Gasteiger partial charge in [0.05, 0.1) is 10.4 Å². The standard InChI is InChI=1S/C18H13F3N4O3S/c19-18(20,21)10-27-13-4-3-12(8-11(13)9-22)23-15(26)5-6-16-24-17(25-28-16)14-2-1-7-29-14/h1-4,7-8H,5-6,10H2,(H,23,26). The molecule has 0 unspecified atom stereocenters. The molecule has 150 valence electrons. The van der Waals surface area contributed by atoms with Crippen LogP contribution in [-0.2, 0) is 11.2 Å². The summed E-state index contributed by atoms with van der Waals surface area (Å²) in [5.41, 5.74) is 0.139. The summed E-state index contributed by atoms with van der Waals surface area (Å²) in [5.74, 6) is 0.157. The van der Waals surface area contributed by atoms with E-state index in [2.05, 4.69) is 20.2 Å². The second-order valence-electron chi connectivity index (χ2n) is 5.76. The fourth-order valence-electron chi connectivity index (χ4n) is 2.29. The van der Waals surface area contributed by atoms with Gasteiger partial charge in [0, 0.05) is 18.5 Å². The molecule has 0 aliphatic carbocycles. The number of amides is 1. The number of anilines is 1. The molecule has 0 bridgehead atoms. The summed E-state index contributed by atoms with van der Waals surface area (Å²) < 4.78 is 46.5. The van der Waals surface area contributed by atoms with Gasteiger partial charge in [0.2, 0.25) is 17.6 Å². The maximum absolute atomic E-state index is 12.3. The van der Waals surface area contributed by atoms with Crippen molar-refractivity contribution in [1.29, 1.82) is 5.26 Å². The molecular weight excluding hydrogens is 409 g/mol. The number of nitrogens with zero attached hydrogens (tertiary/aromatic N) is 3. The quantitative estimate of drug-likeness (QED) is 0.613. The predicted octanol–water partition coefficient (Wildman–Crippen LogP) is 4.18. The molecule has 1 N–H and O–H groups in total. The van der Waals surface area contributed by atoms with Crippen LogP contribution in [0.15, 0.2) is 40.2 Å². The van der Waals surface area contributed by atoms with Crippen LogP contribution >= 0.6 is 11.3 Å². The summed E-state index contributed by atoms with van der Waals surface area (Å²) in [4.78, 5) is 17.2. The van der Waals surface area contributed by atoms with Crippen molar-refractivity contribution in [2.45, 2.75) is 19.0 Å². The minimum absolute atomic E-state index is 0.0420. The minimum Gasteiger partial charge on any atom is -0.483 e. The number of carbonyl (C=O) groups is 1. The summed E-state index contributed by atoms with van der Waals surface area (Å²) >= 11 is 1.46. The molecule has 11 heteroatoms. The zero-order chi connectivity index (χ0) is 20.9. The first-order valence-electron chi connectivity index (χ1n) is 8.24. The zero-order valence-corrected chi connectivity index (χ0v) is 15.5. The molecule has 0 fully saturated rings. The number of alkyl halides is 3. The number of rotatable bonds is 7. The maximum atomic E-state index is 12.3. The highest BCUT2D eigenvalue weighted by molar-refractivity contribution is 7.13. The van der Waals surface area contributed by atoms with Crippen LogP contribution in [0, 0.1) is 11.3 Å². The molecule has 2 heterocycles. The number of thiophene rings is 1. The van der Waals surface area contributed by atoms with Gasteiger partial charge in [-0.2, -0.15) is 23.4 Å². The third kappa shape index (κ3) is 5.79. The number of benzene rings is 1. The van der Waals surface area contributed by atoms with Crippen molar-refractivity contribution in [3.05, 3.63) is 47.2 Å². The molecule has 0 atom stereocenters. The molecule has 0 saturated carbocycles. The van der Waals surface area contributed by atoms with Crippen LogP contribution in [-0.4, -0.2) is 28.8 Å². The van der Waals surface area contributed by atoms with Gasteiger partial charge in [-0.1, -0.05) is 11.2 Å². The van der Waals surface area contributed by atoms with Crippen molar-refractivity contribution < 1.29 is 27.2 Å². The summed E-state index contributed by atoms with van der Waals surface area (Å²) in [6, 6.07) is 9.25. The fourth-order valence-corrected chi connectivity index (χ4v) is 2.94. The summed E-state index contributed by atoms with van der Waals surface area (Å²) in [6.45, 7) is -1.51. The lowest BCUT2D eigenvalue weighted by Crippen LogP contribution is -2.19. The third-order valence-electron chi connectivity index (χ3n) is 3.55. The lowest BCUT2D eigenvalue weighted by atomic mass is 10.2. The lowest BCUT2D eigenvalue weighted by molar-refractivity contribution is -0.153. The Hall–Kier alpha value is -3.39. The van der Waals surface area contributed by atoms with Crippen LogP contribution in [0.4, 0.5) is 18.9 Å². The first-order valence-corrected chi connectivity index (χ1v) is 9.12. The molecule has 29 heavy (non-hydrogen) atoms. The van der Waals surface area contributed by atoms with E-state index in [9.17, 15) is 18.0 Å². The zero-order valence-electron chi connectivity index (χ0n) is 14.7. The summed E-state index contributed by atoms with van der Waals surface area (Å²) in [6.07, 6.45) is -4.26. The van der Waals surface area contributed by atoms with Crippen LogP contribution in [0.2, 0.25) is 0 Å². The lowest BCUT2D eigenvalue weighted by Gasteiger charge is -2.11. The van der Waals surface area contributed by atoms with E-state index in [4.69, 9.17) is 9.78 Å². The Morgan fingerprint density at radius 2 is 2.17 bits per heavy atom. The van der Waals surface area contributed by atoms with Gasteiger partial charge in [0.15, 0.2) is 6.61 Å². The van der Waals surface area contributed by atoms with Gasteiger partial charge in [0.1, 0.15) is 11.8 Å². The Morgan fingerprint density at radius 3 is 2.86 bits per heavy atom. The second-order valence-corrected chi connectivity index (χ2v) is 6.71. The van der Waals surface area contributed by atoms with E-state index in [1.54, 1.807) is 6.07 Å². The van der Waals surface area contributed by atoms with E-state index >= 15 is 0 Å². The van der Waals surface area contributed by atoms with Crippen molar-refractivity contribution in [2.75, 3.05) is 11.9 Å². The highest BCUT2D eigenvalue weighted by Crippen LogP contribution is 2.25. The Morgan fingerprint density at radius 1 is 1.34 bits per heavy atom. The Kier molecular flexibility index (Phi) is 6.13. The number of ether oxygens (including phenoxy) is 1. The predicted molar refractivity (Wildman–Crippen MR) is 97.3 cm³/mol. The minimum atomic E-state index is -4.52. The average molecular weight is 422 g/mol. The molecule has 0 spiro atoms. The van der Waals surface area contributed by atoms with Crippen molar-refractivity contribution >= 4 is 22.9 Å². The van der Waals surface area contributed by atoms with Gasteiger partial charge in [-0.25, -0.2) is 0 Å². The normalized spacial score (nSPS) is 11.1. The molecule has 2 aromatic heterocycles. The maximum Gasteiger partial charge on any atom is 0.422 e. The summed E-state index contributed by atoms with van der Waals surface area (Å²) in [7, 11) is 0. The Balaban J connectivity index is 1.56. The van der Waals surface area contributed by atoms with Crippen LogP contribution < -0.4 is 10.1 Å². The highest BCUT2D eigenvalue weighted by atomic mass is 32.1. The summed E-state index contributed by atoms with van der Waals surface area (Å²) in [5, 5.41) is 17.4. The van der Waals surface area contributed by atoms with Gasteiger partial charge in [-0.3, -0.25) is 4.79 Å². The van der Waals surface area contributed by atoms with E-state index in [0.29, 0.717) is 11.7 Å². The molecule has 0 radical (unpaired) electrons. The van der Waals surface area contributed by atoms with Gasteiger partial charge in [-0.15, -0.1) is 11.3 Å². The van der Waals surface area contributed by atoms with Gasteiger partial charge >= 0.3 is 6.18 Å². The molecule has 3 aromatic rings. The smallest absolute Gasteiger partial charge is 0.422 e. The first kappa shape index (κ1) is 20.3. The molecular formula is C18H13F3N4O3S. The number of halogens is 3. The largest absolute Gasteiger partial charge is 0.483 e. The van der Waals surface area contributed by atoms with Gasteiger partial charge in [-0.05, 0) is 29.6 Å². The number of aromatic nitrogens is 2. The van der Waals surface area contributed by atoms with Crippen molar-refractivity contribution in [3.63, 3.8) is 0 Å². The first-order chi connectivity index (χ1) is 13.8. The molecule has 3 rings (SSSR count). The van der Waals surface area contributed by atoms with E-state index in [1.165, 1.54) is 29.5 Å². The second kappa shape index (κ2) is 8.74. The third-order valence-corrected chi connectivity index (χ3v) is 4.42. The van der Waals surface area contributed by atoms with Crippen molar-refractivity contribution in [2.24, 2.45) is 0 Å². The van der Waals surface area contributed by atoms with Crippen molar-refractivity contribution in [3.8, 4) is 22.5 Å². The number of carbonyl (C=O) groups excluding carboxylic acids is 1. The number of nitrogens with one attached hydrogen (secondary N) is 1. The SMILES string of the molecule is N#Cc1cc(NC(=O)CCc2nc(-c3cccs3)no2)ccc1OCC(F)(F)F. The fraction of sp³-hybridized carbons (Fsp3) is 0.222. The van der Waals surface area contributed by atoms with E-state index in [1.807, 2.05) is 17.5 Å². The Bertz CT molecular complexity index is 1030. The van der Waals surface area contributed by atoms with Gasteiger partial charge in [0.25, 0.3) is 0 Å². The topological polar surface area (TPSA) is 101 Å². The molecule has 0 aliphatic rings. The Labute approximate surface area is 166 Å². The van der Waals surface area contributed by atoms with Crippen LogP contribution in [0.1, 0.15) is 17.9 Å². The van der Waals surface area contributed by atoms with Crippen molar-refractivity contribution in [1.82, 2.24) is 10.1 Å². The van der Waals surface area contributed by atoms with Crippen LogP contribution in [0.5, 0.6) is 5.75 Å². The highest BCUT2D eigenvalue weighted by Gasteiger charge is 2.28. The molecule has 0 aliphatic heterocycles. The number of aryl methyl sites for hydroxylation is 1. The monoisotopic (exact) mass is 422 g/mol. The molecule has 1 amide bonds. The van der Waals surface area contributed by atoms with Crippen LogP contribution in [0.25, 0.3) is 10.7 Å². The van der Waals surface area contributed by atoms with Gasteiger partial charge < -0.3 is 14.6 Å². The molecule has 1 aromatic carbocycles. The van der Waals surface area contributed by atoms with E-state index < -0.39 is 12.8 Å². The molecule has 0 saturated heterocycles. The molecule has 7 nitrogen and oxygen atoms in total. The number of hydrogen-bond donors (Lipinski definition) is 1. The van der Waals surface area contributed by atoms with E-state index in [0.717, 1.165) is 4.88 Å². The number of hydrogen-bond acceptors (Lipinski definition) is 7. The number of nitriles is 1. The van der Waals surface area contributed by atoms with E-state index in [-0.39, 0.29) is 35.7 Å². The van der Waals surface area contributed by atoms with Crippen LogP contribution in [0.3, 0.4) is 0 Å². The average Bonchev–Trinajstić information content (AvgIpc) is 3.36.